The average molecular weight is 459 g/mol. The van der Waals surface area contributed by atoms with Crippen LogP contribution in [0.25, 0.3) is 11.1 Å². The monoisotopic (exact) mass is 458 g/mol. The summed E-state index contributed by atoms with van der Waals surface area (Å²) in [5.74, 6) is 2.59. The summed E-state index contributed by atoms with van der Waals surface area (Å²) in [4.78, 5) is 25.0. The van der Waals surface area contributed by atoms with Gasteiger partial charge < -0.3 is 25.6 Å². The highest BCUT2D eigenvalue weighted by Crippen LogP contribution is 2.33. The SMILES string of the molecule is CN(C)CC=CC(=O)N1CCC(Nc2ncnc(N)c2-c2ccc(Oc3ccccc3)cc2)C1. The van der Waals surface area contributed by atoms with Crippen LogP contribution in [0.4, 0.5) is 11.6 Å². The molecule has 3 N–H and O–H groups in total. The molecular weight excluding hydrogens is 428 g/mol. The molecule has 4 rings (SSSR count). The van der Waals surface area contributed by atoms with Gasteiger partial charge in [-0.2, -0.15) is 0 Å². The van der Waals surface area contributed by atoms with Crippen molar-refractivity contribution in [3.05, 3.63) is 73.1 Å². The smallest absolute Gasteiger partial charge is 0.246 e. The summed E-state index contributed by atoms with van der Waals surface area (Å²) < 4.78 is 5.89. The van der Waals surface area contributed by atoms with Gasteiger partial charge in [0.1, 0.15) is 29.5 Å². The van der Waals surface area contributed by atoms with Gasteiger partial charge in [-0.25, -0.2) is 9.97 Å². The number of likely N-dealkylation sites (N-methyl/N-ethyl adjacent to an activating group) is 1. The van der Waals surface area contributed by atoms with Crippen LogP contribution in [0.1, 0.15) is 6.42 Å². The number of rotatable bonds is 8. The number of ether oxygens (including phenoxy) is 1. The molecule has 1 atom stereocenters. The van der Waals surface area contributed by atoms with E-state index in [9.17, 15) is 4.79 Å². The minimum atomic E-state index is 0.0302. The molecule has 1 aromatic heterocycles. The first-order valence-corrected chi connectivity index (χ1v) is 11.3. The fourth-order valence-corrected chi connectivity index (χ4v) is 3.85. The summed E-state index contributed by atoms with van der Waals surface area (Å²) in [6.07, 6.45) is 5.82. The van der Waals surface area contributed by atoms with Gasteiger partial charge in [0.2, 0.25) is 5.91 Å². The molecular formula is C26H30N6O2. The predicted octanol–water partition coefficient (Wildman–Crippen LogP) is 3.65. The molecule has 1 fully saturated rings. The lowest BCUT2D eigenvalue weighted by Gasteiger charge is -2.18. The first-order valence-electron chi connectivity index (χ1n) is 11.3. The van der Waals surface area contributed by atoms with Crippen LogP contribution < -0.4 is 15.8 Å². The second-order valence-corrected chi connectivity index (χ2v) is 8.50. The van der Waals surface area contributed by atoms with E-state index in [0.29, 0.717) is 24.7 Å². The molecule has 1 aliphatic rings. The van der Waals surface area contributed by atoms with E-state index in [1.807, 2.05) is 84.6 Å². The lowest BCUT2D eigenvalue weighted by Crippen LogP contribution is -2.30. The minimum Gasteiger partial charge on any atom is -0.457 e. The topological polar surface area (TPSA) is 96.6 Å². The second kappa shape index (κ2) is 10.8. The maximum Gasteiger partial charge on any atom is 0.246 e. The largest absolute Gasteiger partial charge is 0.457 e. The number of anilines is 2. The highest BCUT2D eigenvalue weighted by atomic mass is 16.5. The number of hydrogen-bond donors (Lipinski definition) is 2. The van der Waals surface area contributed by atoms with E-state index in [2.05, 4.69) is 15.3 Å². The predicted molar refractivity (Wildman–Crippen MR) is 135 cm³/mol. The molecule has 0 bridgehead atoms. The van der Waals surface area contributed by atoms with Crippen LogP contribution >= 0.6 is 0 Å². The van der Waals surface area contributed by atoms with Crippen molar-refractivity contribution in [2.45, 2.75) is 12.5 Å². The van der Waals surface area contributed by atoms with Crippen LogP contribution in [0.15, 0.2) is 73.1 Å². The number of amides is 1. The quantitative estimate of drug-likeness (QED) is 0.498. The van der Waals surface area contributed by atoms with Gasteiger partial charge in [0.05, 0.1) is 5.56 Å². The van der Waals surface area contributed by atoms with Crippen molar-refractivity contribution in [2.24, 2.45) is 0 Å². The summed E-state index contributed by atoms with van der Waals surface area (Å²) >= 11 is 0. The Balaban J connectivity index is 1.44. The Kier molecular flexibility index (Phi) is 7.39. The normalized spacial score (nSPS) is 15.7. The van der Waals surface area contributed by atoms with Crippen LogP contribution in [-0.4, -0.2) is 65.4 Å². The number of benzene rings is 2. The Labute approximate surface area is 200 Å². The number of hydrogen-bond acceptors (Lipinski definition) is 7. The van der Waals surface area contributed by atoms with Crippen molar-refractivity contribution in [3.8, 4) is 22.6 Å². The maximum absolute atomic E-state index is 12.5. The van der Waals surface area contributed by atoms with Gasteiger partial charge in [-0.3, -0.25) is 4.79 Å². The fraction of sp³-hybridized carbons (Fsp3) is 0.269. The van der Waals surface area contributed by atoms with Crippen molar-refractivity contribution < 1.29 is 9.53 Å². The van der Waals surface area contributed by atoms with E-state index in [1.165, 1.54) is 6.33 Å². The molecule has 1 aliphatic heterocycles. The number of carbonyl (C=O) groups is 1. The van der Waals surface area contributed by atoms with Gasteiger partial charge in [-0.1, -0.05) is 36.4 Å². The minimum absolute atomic E-state index is 0.0302. The van der Waals surface area contributed by atoms with Crippen LogP contribution in [0, 0.1) is 0 Å². The molecule has 8 heteroatoms. The highest BCUT2D eigenvalue weighted by molar-refractivity contribution is 5.88. The van der Waals surface area contributed by atoms with Crippen molar-refractivity contribution in [1.82, 2.24) is 19.8 Å². The number of carbonyl (C=O) groups excluding carboxylic acids is 1. The van der Waals surface area contributed by atoms with Gasteiger partial charge >= 0.3 is 0 Å². The lowest BCUT2D eigenvalue weighted by atomic mass is 10.1. The average Bonchev–Trinajstić information content (AvgIpc) is 3.29. The molecule has 1 amide bonds. The summed E-state index contributed by atoms with van der Waals surface area (Å²) in [5, 5.41) is 3.47. The summed E-state index contributed by atoms with van der Waals surface area (Å²) in [6, 6.07) is 17.4. The van der Waals surface area contributed by atoms with Crippen LogP contribution in [-0.2, 0) is 4.79 Å². The van der Waals surface area contributed by atoms with Gasteiger partial charge in [0, 0.05) is 31.8 Å². The molecule has 1 saturated heterocycles. The number of para-hydroxylation sites is 1. The zero-order chi connectivity index (χ0) is 23.9. The first kappa shape index (κ1) is 23.3. The number of nitrogens with two attached hydrogens (primary N) is 1. The molecule has 0 saturated carbocycles. The molecule has 0 aliphatic carbocycles. The number of nitrogens with zero attached hydrogens (tertiary/aromatic N) is 4. The Morgan fingerprint density at radius 3 is 2.62 bits per heavy atom. The van der Waals surface area contributed by atoms with E-state index < -0.39 is 0 Å². The fourth-order valence-electron chi connectivity index (χ4n) is 3.85. The number of nitrogens with one attached hydrogen (secondary N) is 1. The van der Waals surface area contributed by atoms with Gasteiger partial charge in [0.25, 0.3) is 0 Å². The molecule has 3 aromatic rings. The Morgan fingerprint density at radius 2 is 1.88 bits per heavy atom. The zero-order valence-corrected chi connectivity index (χ0v) is 19.5. The van der Waals surface area contributed by atoms with E-state index in [1.54, 1.807) is 6.08 Å². The van der Waals surface area contributed by atoms with Crippen LogP contribution in [0.3, 0.4) is 0 Å². The van der Waals surface area contributed by atoms with Gasteiger partial charge in [-0.05, 0) is 50.3 Å². The molecule has 2 heterocycles. The van der Waals surface area contributed by atoms with E-state index in [0.717, 1.165) is 35.6 Å². The van der Waals surface area contributed by atoms with Gasteiger partial charge in [-0.15, -0.1) is 0 Å². The Morgan fingerprint density at radius 1 is 1.15 bits per heavy atom. The Bertz CT molecular complexity index is 1130. The first-order chi connectivity index (χ1) is 16.5. The van der Waals surface area contributed by atoms with Gasteiger partial charge in [0.15, 0.2) is 0 Å². The lowest BCUT2D eigenvalue weighted by molar-refractivity contribution is -0.125. The highest BCUT2D eigenvalue weighted by Gasteiger charge is 2.26. The van der Waals surface area contributed by atoms with Crippen molar-refractivity contribution in [3.63, 3.8) is 0 Å². The third-order valence-electron chi connectivity index (χ3n) is 5.57. The van der Waals surface area contributed by atoms with Crippen molar-refractivity contribution in [1.29, 1.82) is 0 Å². The van der Waals surface area contributed by atoms with Crippen molar-refractivity contribution >= 4 is 17.5 Å². The van der Waals surface area contributed by atoms with E-state index in [-0.39, 0.29) is 11.9 Å². The molecule has 2 aromatic carbocycles. The molecule has 176 valence electrons. The van der Waals surface area contributed by atoms with Crippen LogP contribution in [0.5, 0.6) is 11.5 Å². The number of aromatic nitrogens is 2. The summed E-state index contributed by atoms with van der Waals surface area (Å²) in [6.45, 7) is 2.04. The van der Waals surface area contributed by atoms with E-state index in [4.69, 9.17) is 10.5 Å². The van der Waals surface area contributed by atoms with Crippen LogP contribution in [0.2, 0.25) is 0 Å². The second-order valence-electron chi connectivity index (χ2n) is 8.50. The molecule has 34 heavy (non-hydrogen) atoms. The summed E-state index contributed by atoms with van der Waals surface area (Å²) in [7, 11) is 3.94. The molecule has 0 radical (unpaired) electrons. The number of likely N-dealkylation sites (tertiary alicyclic amines) is 1. The van der Waals surface area contributed by atoms with E-state index >= 15 is 0 Å². The molecule has 8 nitrogen and oxygen atoms in total. The number of nitrogen functional groups attached to an aromatic ring is 1. The maximum atomic E-state index is 12.5. The summed E-state index contributed by atoms with van der Waals surface area (Å²) in [5.41, 5.74) is 7.87. The standard InChI is InChI=1S/C26H30N6O2/c1-31(2)15-6-9-23(33)32-16-14-20(17-32)30-26-24(25(27)28-18-29-26)19-10-12-22(13-11-19)34-21-7-4-3-5-8-21/h3-13,18,20H,14-17H2,1-2H3,(H3,27,28,29,30). The molecule has 0 spiro atoms. The third-order valence-corrected chi connectivity index (χ3v) is 5.57. The third kappa shape index (κ3) is 5.90. The Hall–Kier alpha value is -3.91. The molecule has 1 unspecified atom stereocenters. The zero-order valence-electron chi connectivity index (χ0n) is 19.5. The van der Waals surface area contributed by atoms with Crippen molar-refractivity contribution in [2.75, 3.05) is 44.8 Å².